The van der Waals surface area contributed by atoms with Crippen LogP contribution < -0.4 is 16.5 Å². The first-order valence-corrected chi connectivity index (χ1v) is 11.4. The number of benzene rings is 3. The van der Waals surface area contributed by atoms with Crippen molar-refractivity contribution >= 4 is 28.6 Å². The molecule has 4 aromatic rings. The van der Waals surface area contributed by atoms with Gasteiger partial charge in [-0.3, -0.25) is 9.36 Å². The van der Waals surface area contributed by atoms with Crippen LogP contribution in [-0.4, -0.2) is 33.9 Å². The molecule has 0 atom stereocenters. The highest BCUT2D eigenvalue weighted by molar-refractivity contribution is 6.21. The summed E-state index contributed by atoms with van der Waals surface area (Å²) in [5.41, 5.74) is 9.37. The van der Waals surface area contributed by atoms with Crippen molar-refractivity contribution < 1.29 is 27.9 Å². The summed E-state index contributed by atoms with van der Waals surface area (Å²) in [6.07, 6.45) is -4.61. The lowest BCUT2D eigenvalue weighted by molar-refractivity contribution is -0.137. The number of fused-ring (bicyclic) bond motifs is 1. The molecular formula is C27H24F3N5O3. The minimum absolute atomic E-state index is 0.0997. The second-order valence-electron chi connectivity index (χ2n) is 8.69. The molecule has 0 unspecified atom stereocenters. The molecular weight excluding hydrogens is 499 g/mol. The van der Waals surface area contributed by atoms with E-state index in [1.165, 1.54) is 10.6 Å². The first-order valence-electron chi connectivity index (χ1n) is 11.4. The summed E-state index contributed by atoms with van der Waals surface area (Å²) in [5.74, 6) is -1.06. The van der Waals surface area contributed by atoms with Crippen LogP contribution in [0.4, 0.5) is 18.0 Å². The Balaban J connectivity index is 1.99. The Morgan fingerprint density at radius 2 is 1.66 bits per heavy atom. The number of nitrogens with one attached hydrogen (secondary N) is 2. The fourth-order valence-electron chi connectivity index (χ4n) is 4.21. The molecule has 3 aromatic carbocycles. The summed E-state index contributed by atoms with van der Waals surface area (Å²) in [6, 6.07) is 16.2. The molecule has 1 heterocycles. The van der Waals surface area contributed by atoms with E-state index in [1.807, 2.05) is 19.9 Å². The van der Waals surface area contributed by atoms with E-state index in [1.54, 1.807) is 42.5 Å². The van der Waals surface area contributed by atoms with E-state index in [0.29, 0.717) is 11.3 Å². The normalized spacial score (nSPS) is 12.0. The molecule has 3 amide bonds. The number of carbonyl (C=O) groups is 2. The van der Waals surface area contributed by atoms with E-state index in [2.05, 4.69) is 15.8 Å². The third-order valence-electron chi connectivity index (χ3n) is 5.73. The molecule has 4 rings (SSSR count). The maximum Gasteiger partial charge on any atom is 0.416 e. The number of aryl methyl sites for hydroxylation is 2. The van der Waals surface area contributed by atoms with Gasteiger partial charge < -0.3 is 16.2 Å². The first-order chi connectivity index (χ1) is 18.0. The van der Waals surface area contributed by atoms with Gasteiger partial charge in [0.15, 0.2) is 0 Å². The number of nitrogens with zero attached hydrogens (tertiary/aromatic N) is 2. The van der Waals surface area contributed by atoms with Crippen LogP contribution in [-0.2, 0) is 11.0 Å². The molecule has 8 nitrogen and oxygen atoms in total. The number of hydrogen-bond donors (Lipinski definition) is 4. The molecule has 5 N–H and O–H groups in total. The van der Waals surface area contributed by atoms with E-state index in [4.69, 9.17) is 5.73 Å². The molecule has 0 aliphatic rings. The number of alkyl halides is 3. The van der Waals surface area contributed by atoms with Gasteiger partial charge in [0.2, 0.25) is 5.88 Å². The Hall–Kier alpha value is -4.80. The second-order valence-corrected chi connectivity index (χ2v) is 8.69. The standard InChI is InChI=1S/C27H24F3N5O3/c1-15-10-16(2)12-19(11-15)35-21-13-18(27(28,29)30)8-9-20(21)23(25(35)37)24(17-6-4-3-5-7-17)34-33-22(36)14-32-26(31)38/h3-13,37H,14H2,1-2H3,(H,33,36)(H3,31,32,38)/b34-24+. The smallest absolute Gasteiger partial charge is 0.416 e. The average Bonchev–Trinajstić information content (AvgIpc) is 3.13. The number of rotatable bonds is 6. The van der Waals surface area contributed by atoms with Crippen LogP contribution in [0.2, 0.25) is 0 Å². The first kappa shape index (κ1) is 26.3. The predicted molar refractivity (Wildman–Crippen MR) is 137 cm³/mol. The molecule has 0 bridgehead atoms. The summed E-state index contributed by atoms with van der Waals surface area (Å²) in [5, 5.41) is 18.1. The van der Waals surface area contributed by atoms with Gasteiger partial charge in [-0.15, -0.1) is 0 Å². The van der Waals surface area contributed by atoms with Gasteiger partial charge >= 0.3 is 12.2 Å². The van der Waals surface area contributed by atoms with Gasteiger partial charge in [-0.25, -0.2) is 10.2 Å². The van der Waals surface area contributed by atoms with E-state index in [-0.39, 0.29) is 28.1 Å². The highest BCUT2D eigenvalue weighted by Gasteiger charge is 2.32. The van der Waals surface area contributed by atoms with Crippen LogP contribution in [0.1, 0.15) is 27.8 Å². The number of hydrazone groups is 1. The highest BCUT2D eigenvalue weighted by Crippen LogP contribution is 2.39. The Morgan fingerprint density at radius 1 is 1.00 bits per heavy atom. The Labute approximate surface area is 215 Å². The van der Waals surface area contributed by atoms with Gasteiger partial charge in [-0.2, -0.15) is 18.3 Å². The van der Waals surface area contributed by atoms with Gasteiger partial charge in [0, 0.05) is 16.6 Å². The fraction of sp³-hybridized carbons (Fsp3) is 0.148. The molecule has 0 aliphatic carbocycles. The van der Waals surface area contributed by atoms with E-state index in [9.17, 15) is 27.9 Å². The van der Waals surface area contributed by atoms with Gasteiger partial charge in [-0.05, 0) is 49.2 Å². The van der Waals surface area contributed by atoms with Gasteiger partial charge in [0.1, 0.15) is 12.3 Å². The molecule has 0 radical (unpaired) electrons. The monoisotopic (exact) mass is 523 g/mol. The number of aromatic nitrogens is 1. The molecule has 0 aliphatic heterocycles. The summed E-state index contributed by atoms with van der Waals surface area (Å²) in [4.78, 5) is 23.2. The zero-order valence-corrected chi connectivity index (χ0v) is 20.4. The number of amides is 3. The van der Waals surface area contributed by atoms with Crippen molar-refractivity contribution in [1.82, 2.24) is 15.3 Å². The van der Waals surface area contributed by atoms with Crippen LogP contribution in [0.5, 0.6) is 5.88 Å². The van der Waals surface area contributed by atoms with Crippen molar-refractivity contribution in [3.05, 3.63) is 94.5 Å². The van der Waals surface area contributed by atoms with Crippen LogP contribution in [0, 0.1) is 13.8 Å². The number of aromatic hydroxyl groups is 1. The molecule has 0 spiro atoms. The third-order valence-corrected chi connectivity index (χ3v) is 5.73. The van der Waals surface area contributed by atoms with Crippen molar-refractivity contribution in [3.63, 3.8) is 0 Å². The quantitative estimate of drug-likeness (QED) is 0.220. The van der Waals surface area contributed by atoms with Crippen molar-refractivity contribution in [2.75, 3.05) is 6.54 Å². The number of halogens is 3. The van der Waals surface area contributed by atoms with Crippen molar-refractivity contribution in [2.45, 2.75) is 20.0 Å². The Morgan fingerprint density at radius 3 is 2.26 bits per heavy atom. The summed E-state index contributed by atoms with van der Waals surface area (Å²) >= 11 is 0. The largest absolute Gasteiger partial charge is 0.494 e. The molecule has 38 heavy (non-hydrogen) atoms. The van der Waals surface area contributed by atoms with Crippen LogP contribution in [0.15, 0.2) is 71.8 Å². The highest BCUT2D eigenvalue weighted by atomic mass is 19.4. The van der Waals surface area contributed by atoms with Crippen molar-refractivity contribution in [1.29, 1.82) is 0 Å². The van der Waals surface area contributed by atoms with Crippen LogP contribution in [0.3, 0.4) is 0 Å². The SMILES string of the molecule is Cc1cc(C)cc(-n2c(O)c(/C(=N/NC(=O)CNC(N)=O)c3ccccc3)c3ccc(C(F)(F)F)cc32)c1. The molecule has 0 saturated carbocycles. The lowest BCUT2D eigenvalue weighted by Crippen LogP contribution is -2.38. The third kappa shape index (κ3) is 5.46. The van der Waals surface area contributed by atoms with Crippen molar-refractivity contribution in [3.8, 4) is 11.6 Å². The topological polar surface area (TPSA) is 122 Å². The lowest BCUT2D eigenvalue weighted by atomic mass is 10.0. The number of primary amides is 1. The maximum absolute atomic E-state index is 13.7. The second kappa shape index (κ2) is 10.3. The Kier molecular flexibility index (Phi) is 7.11. The number of nitrogens with two attached hydrogens (primary N) is 1. The van der Waals surface area contributed by atoms with Crippen LogP contribution in [0.25, 0.3) is 16.6 Å². The predicted octanol–water partition coefficient (Wildman–Crippen LogP) is 4.51. The van der Waals surface area contributed by atoms with E-state index >= 15 is 0 Å². The fourth-order valence-corrected chi connectivity index (χ4v) is 4.21. The van der Waals surface area contributed by atoms with E-state index in [0.717, 1.165) is 23.3 Å². The van der Waals surface area contributed by atoms with Gasteiger partial charge in [-0.1, -0.05) is 42.5 Å². The number of hydrogen-bond acceptors (Lipinski definition) is 4. The summed E-state index contributed by atoms with van der Waals surface area (Å²) < 4.78 is 42.3. The number of carbonyl (C=O) groups excluding carboxylic acids is 2. The Bertz CT molecular complexity index is 1540. The zero-order valence-electron chi connectivity index (χ0n) is 20.4. The molecule has 0 saturated heterocycles. The van der Waals surface area contributed by atoms with Crippen molar-refractivity contribution in [2.24, 2.45) is 10.8 Å². The van der Waals surface area contributed by atoms with Gasteiger partial charge in [0.25, 0.3) is 5.91 Å². The molecule has 196 valence electrons. The molecule has 1 aromatic heterocycles. The summed E-state index contributed by atoms with van der Waals surface area (Å²) in [6.45, 7) is 3.23. The van der Waals surface area contributed by atoms with E-state index < -0.39 is 30.2 Å². The average molecular weight is 524 g/mol. The molecule has 11 heteroatoms. The zero-order chi connectivity index (χ0) is 27.6. The molecule has 0 fully saturated rings. The minimum atomic E-state index is -4.61. The lowest BCUT2D eigenvalue weighted by Gasteiger charge is -2.12. The maximum atomic E-state index is 13.7. The minimum Gasteiger partial charge on any atom is -0.494 e. The summed E-state index contributed by atoms with van der Waals surface area (Å²) in [7, 11) is 0. The number of urea groups is 1. The van der Waals surface area contributed by atoms with Gasteiger partial charge in [0.05, 0.1) is 16.6 Å². The van der Waals surface area contributed by atoms with Crippen LogP contribution >= 0.6 is 0 Å².